The van der Waals surface area contributed by atoms with Crippen LogP contribution in [0.3, 0.4) is 0 Å². The van der Waals surface area contributed by atoms with E-state index < -0.39 is 0 Å². The van der Waals surface area contributed by atoms with Crippen molar-refractivity contribution in [2.45, 2.75) is 25.8 Å². The predicted octanol–water partition coefficient (Wildman–Crippen LogP) is 0.388. The van der Waals surface area contributed by atoms with Gasteiger partial charge in [0, 0.05) is 20.2 Å². The molecule has 1 aromatic heterocycles. The Balaban J connectivity index is 2.31. The standard InChI is InChI=1S/C10H20N4O2/c1-11-8-9-12-13-10(16-9)14(2)6-4-3-5-7-15/h11,15H,3-8H2,1-2H3. The van der Waals surface area contributed by atoms with E-state index in [1.165, 1.54) is 0 Å². The quantitative estimate of drug-likeness (QED) is 0.627. The van der Waals surface area contributed by atoms with Gasteiger partial charge >= 0.3 is 6.01 Å². The van der Waals surface area contributed by atoms with Crippen molar-refractivity contribution in [1.29, 1.82) is 0 Å². The van der Waals surface area contributed by atoms with Gasteiger partial charge in [-0.25, -0.2) is 0 Å². The molecule has 2 N–H and O–H groups in total. The molecule has 0 aromatic carbocycles. The second-order valence-electron chi connectivity index (χ2n) is 3.71. The van der Waals surface area contributed by atoms with E-state index in [2.05, 4.69) is 15.5 Å². The third-order valence-corrected chi connectivity index (χ3v) is 2.26. The van der Waals surface area contributed by atoms with Crippen LogP contribution in [-0.4, -0.2) is 42.6 Å². The fourth-order valence-electron chi connectivity index (χ4n) is 1.35. The highest BCUT2D eigenvalue weighted by molar-refractivity contribution is 5.21. The average molecular weight is 228 g/mol. The van der Waals surface area contributed by atoms with Crippen LogP contribution < -0.4 is 10.2 Å². The molecule has 6 nitrogen and oxygen atoms in total. The molecule has 0 aliphatic heterocycles. The number of rotatable bonds is 8. The fourth-order valence-corrected chi connectivity index (χ4v) is 1.35. The minimum Gasteiger partial charge on any atom is -0.407 e. The normalized spacial score (nSPS) is 10.7. The molecule has 0 saturated carbocycles. The topological polar surface area (TPSA) is 74.4 Å². The number of hydrogen-bond acceptors (Lipinski definition) is 6. The summed E-state index contributed by atoms with van der Waals surface area (Å²) in [5.74, 6) is 0.597. The van der Waals surface area contributed by atoms with Gasteiger partial charge in [0.05, 0.1) is 6.54 Å². The number of nitrogens with one attached hydrogen (secondary N) is 1. The van der Waals surface area contributed by atoms with E-state index >= 15 is 0 Å². The summed E-state index contributed by atoms with van der Waals surface area (Å²) in [7, 11) is 3.76. The molecule has 6 heteroatoms. The Hall–Kier alpha value is -1.14. The summed E-state index contributed by atoms with van der Waals surface area (Å²) >= 11 is 0. The van der Waals surface area contributed by atoms with Crippen LogP contribution >= 0.6 is 0 Å². The molecule has 0 aliphatic carbocycles. The third kappa shape index (κ3) is 4.16. The largest absolute Gasteiger partial charge is 0.407 e. The van der Waals surface area contributed by atoms with Crippen LogP contribution in [0.4, 0.5) is 6.01 Å². The highest BCUT2D eigenvalue weighted by atomic mass is 16.4. The van der Waals surface area contributed by atoms with Crippen LogP contribution in [0.5, 0.6) is 0 Å². The van der Waals surface area contributed by atoms with Gasteiger partial charge in [0.1, 0.15) is 0 Å². The third-order valence-electron chi connectivity index (χ3n) is 2.26. The number of hydrogen-bond donors (Lipinski definition) is 2. The number of unbranched alkanes of at least 4 members (excludes halogenated alkanes) is 2. The molecule has 0 amide bonds. The first-order valence-electron chi connectivity index (χ1n) is 5.57. The molecular weight excluding hydrogens is 208 g/mol. The lowest BCUT2D eigenvalue weighted by Crippen LogP contribution is -2.18. The van der Waals surface area contributed by atoms with Gasteiger partial charge in [0.25, 0.3) is 0 Å². The molecule has 0 unspecified atom stereocenters. The molecule has 0 bridgehead atoms. The van der Waals surface area contributed by atoms with Crippen LogP contribution in [0, 0.1) is 0 Å². The van der Waals surface area contributed by atoms with Crippen LogP contribution in [-0.2, 0) is 6.54 Å². The monoisotopic (exact) mass is 228 g/mol. The fraction of sp³-hybridized carbons (Fsp3) is 0.800. The van der Waals surface area contributed by atoms with Gasteiger partial charge in [-0.2, -0.15) is 0 Å². The zero-order valence-corrected chi connectivity index (χ0v) is 9.94. The van der Waals surface area contributed by atoms with Gasteiger partial charge in [-0.3, -0.25) is 0 Å². The highest BCUT2D eigenvalue weighted by Gasteiger charge is 2.09. The Labute approximate surface area is 95.7 Å². The van der Waals surface area contributed by atoms with Crippen molar-refractivity contribution >= 4 is 6.01 Å². The minimum atomic E-state index is 0.261. The summed E-state index contributed by atoms with van der Waals surface area (Å²) in [4.78, 5) is 1.93. The molecule has 0 atom stereocenters. The van der Waals surface area contributed by atoms with Crippen molar-refractivity contribution in [3.8, 4) is 0 Å². The first kappa shape index (κ1) is 12.9. The molecule has 0 aliphatic rings. The van der Waals surface area contributed by atoms with Gasteiger partial charge in [-0.1, -0.05) is 5.10 Å². The Bertz CT molecular complexity index is 290. The van der Waals surface area contributed by atoms with E-state index in [1.54, 1.807) is 0 Å². The molecule has 16 heavy (non-hydrogen) atoms. The number of nitrogens with zero attached hydrogens (tertiary/aromatic N) is 3. The first-order chi connectivity index (χ1) is 7.77. The lowest BCUT2D eigenvalue weighted by Gasteiger charge is -2.12. The van der Waals surface area contributed by atoms with Crippen molar-refractivity contribution in [2.75, 3.05) is 32.1 Å². The van der Waals surface area contributed by atoms with Crippen molar-refractivity contribution in [3.63, 3.8) is 0 Å². The van der Waals surface area contributed by atoms with Crippen LogP contribution in [0.2, 0.25) is 0 Å². The Morgan fingerprint density at radius 2 is 2.12 bits per heavy atom. The molecule has 0 saturated heterocycles. The molecule has 1 heterocycles. The lowest BCUT2D eigenvalue weighted by atomic mass is 10.2. The summed E-state index contributed by atoms with van der Waals surface area (Å²) in [6, 6.07) is 0.550. The summed E-state index contributed by atoms with van der Waals surface area (Å²) in [5, 5.41) is 19.5. The smallest absolute Gasteiger partial charge is 0.317 e. The number of aliphatic hydroxyl groups is 1. The van der Waals surface area contributed by atoms with E-state index in [4.69, 9.17) is 9.52 Å². The van der Waals surface area contributed by atoms with Gasteiger partial charge in [0.15, 0.2) is 0 Å². The molecular formula is C10H20N4O2. The summed E-state index contributed by atoms with van der Waals surface area (Å²) in [5.41, 5.74) is 0. The van der Waals surface area contributed by atoms with Crippen LogP contribution in [0.1, 0.15) is 25.2 Å². The average Bonchev–Trinajstić information content (AvgIpc) is 2.73. The van der Waals surface area contributed by atoms with Crippen LogP contribution in [0.25, 0.3) is 0 Å². The summed E-state index contributed by atoms with van der Waals surface area (Å²) in [6.07, 6.45) is 2.88. The van der Waals surface area contributed by atoms with E-state index in [1.807, 2.05) is 19.0 Å². The zero-order valence-electron chi connectivity index (χ0n) is 9.94. The van der Waals surface area contributed by atoms with Crippen molar-refractivity contribution in [3.05, 3.63) is 5.89 Å². The van der Waals surface area contributed by atoms with Gasteiger partial charge in [0.2, 0.25) is 5.89 Å². The minimum absolute atomic E-state index is 0.261. The van der Waals surface area contributed by atoms with E-state index in [-0.39, 0.29) is 6.61 Å². The van der Waals surface area contributed by atoms with Crippen molar-refractivity contribution in [2.24, 2.45) is 0 Å². The highest BCUT2D eigenvalue weighted by Crippen LogP contribution is 2.11. The Morgan fingerprint density at radius 1 is 1.31 bits per heavy atom. The maximum absolute atomic E-state index is 8.65. The molecule has 92 valence electrons. The molecule has 1 rings (SSSR count). The maximum atomic E-state index is 8.65. The first-order valence-corrected chi connectivity index (χ1v) is 5.57. The maximum Gasteiger partial charge on any atom is 0.317 e. The van der Waals surface area contributed by atoms with E-state index in [0.29, 0.717) is 18.5 Å². The van der Waals surface area contributed by atoms with Crippen molar-refractivity contribution in [1.82, 2.24) is 15.5 Å². The number of aliphatic hydroxyl groups excluding tert-OH is 1. The predicted molar refractivity (Wildman–Crippen MR) is 61.3 cm³/mol. The van der Waals surface area contributed by atoms with Crippen LogP contribution in [0.15, 0.2) is 4.42 Å². The van der Waals surface area contributed by atoms with Gasteiger partial charge < -0.3 is 19.7 Å². The summed E-state index contributed by atoms with van der Waals surface area (Å²) < 4.78 is 5.43. The summed E-state index contributed by atoms with van der Waals surface area (Å²) in [6.45, 7) is 1.71. The molecule has 1 aromatic rings. The van der Waals surface area contributed by atoms with Gasteiger partial charge in [-0.15, -0.1) is 5.10 Å². The second kappa shape index (κ2) is 7.19. The molecule has 0 radical (unpaired) electrons. The SMILES string of the molecule is CNCc1nnc(N(C)CCCCCO)o1. The molecule has 0 fully saturated rings. The second-order valence-corrected chi connectivity index (χ2v) is 3.71. The van der Waals surface area contributed by atoms with E-state index in [9.17, 15) is 0 Å². The number of anilines is 1. The van der Waals surface area contributed by atoms with E-state index in [0.717, 1.165) is 25.8 Å². The zero-order chi connectivity index (χ0) is 11.8. The molecule has 0 spiro atoms. The Kier molecular flexibility index (Phi) is 5.81. The van der Waals surface area contributed by atoms with Crippen molar-refractivity contribution < 1.29 is 9.52 Å². The van der Waals surface area contributed by atoms with Gasteiger partial charge in [-0.05, 0) is 26.3 Å². The Morgan fingerprint density at radius 3 is 2.81 bits per heavy atom. The lowest BCUT2D eigenvalue weighted by molar-refractivity contribution is 0.283. The number of aromatic nitrogens is 2.